The van der Waals surface area contributed by atoms with E-state index in [2.05, 4.69) is 31.4 Å². The van der Waals surface area contributed by atoms with Gasteiger partial charge in [0.1, 0.15) is 0 Å². The van der Waals surface area contributed by atoms with Gasteiger partial charge in [0.15, 0.2) is 0 Å². The van der Waals surface area contributed by atoms with Crippen LogP contribution < -0.4 is 10.6 Å². The van der Waals surface area contributed by atoms with E-state index in [0.717, 1.165) is 40.8 Å². The van der Waals surface area contributed by atoms with E-state index in [1.54, 1.807) is 0 Å². The molecule has 4 heteroatoms. The molecule has 184 valence electrons. The maximum absolute atomic E-state index is 13.3. The van der Waals surface area contributed by atoms with Crippen LogP contribution in [0.2, 0.25) is 0 Å². The third-order valence-corrected chi connectivity index (χ3v) is 7.52. The molecule has 2 N–H and O–H groups in total. The summed E-state index contributed by atoms with van der Waals surface area (Å²) in [7, 11) is 0. The second kappa shape index (κ2) is 9.42. The summed E-state index contributed by atoms with van der Waals surface area (Å²) in [6, 6.07) is 27.7. The van der Waals surface area contributed by atoms with Gasteiger partial charge in [0, 0.05) is 23.7 Å². The van der Waals surface area contributed by atoms with Crippen molar-refractivity contribution >= 4 is 33.4 Å². The smallest absolute Gasteiger partial charge is 0.252 e. The largest absolute Gasteiger partial charge is 0.351 e. The number of rotatable bonds is 5. The Morgan fingerprint density at radius 3 is 1.86 bits per heavy atom. The molecule has 0 heterocycles. The van der Waals surface area contributed by atoms with Crippen molar-refractivity contribution in [3.8, 4) is 0 Å². The molecule has 0 aromatic heterocycles. The summed E-state index contributed by atoms with van der Waals surface area (Å²) in [4.78, 5) is 26.5. The number of amides is 2. The van der Waals surface area contributed by atoms with E-state index in [9.17, 15) is 9.59 Å². The van der Waals surface area contributed by atoms with E-state index in [-0.39, 0.29) is 28.7 Å². The summed E-state index contributed by atoms with van der Waals surface area (Å²) in [6.45, 7) is 7.31. The molecule has 1 fully saturated rings. The molecule has 1 saturated carbocycles. The van der Waals surface area contributed by atoms with Crippen LogP contribution in [0.3, 0.4) is 0 Å². The Kier molecular flexibility index (Phi) is 6.29. The van der Waals surface area contributed by atoms with Gasteiger partial charge in [-0.15, -0.1) is 0 Å². The first-order chi connectivity index (χ1) is 17.2. The first kappa shape index (κ1) is 24.1. The van der Waals surface area contributed by atoms with E-state index in [1.165, 1.54) is 0 Å². The summed E-state index contributed by atoms with van der Waals surface area (Å²) in [5.74, 6) is -0.0793. The fraction of sp³-hybridized carbons (Fsp3) is 0.312. The van der Waals surface area contributed by atoms with Crippen LogP contribution in [0.5, 0.6) is 0 Å². The zero-order valence-corrected chi connectivity index (χ0v) is 21.3. The van der Waals surface area contributed by atoms with Gasteiger partial charge < -0.3 is 10.6 Å². The van der Waals surface area contributed by atoms with E-state index < -0.39 is 0 Å². The molecule has 5 rings (SSSR count). The first-order valence-corrected chi connectivity index (χ1v) is 12.8. The average Bonchev–Trinajstić information content (AvgIpc) is 2.85. The number of carbonyl (C=O) groups is 2. The molecule has 4 aromatic carbocycles. The lowest BCUT2D eigenvalue weighted by atomic mass is 9.62. The lowest BCUT2D eigenvalue weighted by Crippen LogP contribution is -2.50. The van der Waals surface area contributed by atoms with E-state index in [4.69, 9.17) is 0 Å². The van der Waals surface area contributed by atoms with Gasteiger partial charge >= 0.3 is 0 Å². The third kappa shape index (κ3) is 4.99. The Hall–Kier alpha value is -3.66. The Morgan fingerprint density at radius 2 is 1.25 bits per heavy atom. The van der Waals surface area contributed by atoms with Crippen LogP contribution in [0.4, 0.5) is 0 Å². The Labute approximate surface area is 213 Å². The fourth-order valence-corrected chi connectivity index (χ4v) is 6.37. The second-order valence-electron chi connectivity index (χ2n) is 11.5. The SMILES string of the molecule is CC1(C)C[C@@H](NC(=O)c2cccc3ccccc23)C[C@](C)(CNC(=O)c2cccc3ccccc23)C1. The lowest BCUT2D eigenvalue weighted by molar-refractivity contribution is 0.0593. The van der Waals surface area contributed by atoms with Crippen LogP contribution in [0.25, 0.3) is 21.5 Å². The second-order valence-corrected chi connectivity index (χ2v) is 11.5. The lowest BCUT2D eigenvalue weighted by Gasteiger charge is -2.47. The molecule has 0 radical (unpaired) electrons. The van der Waals surface area contributed by atoms with Gasteiger partial charge in [-0.1, -0.05) is 93.6 Å². The number of nitrogens with one attached hydrogen (secondary N) is 2. The van der Waals surface area contributed by atoms with Gasteiger partial charge in [0.2, 0.25) is 0 Å². The van der Waals surface area contributed by atoms with Crippen molar-refractivity contribution in [2.75, 3.05) is 6.54 Å². The average molecular weight is 479 g/mol. The van der Waals surface area contributed by atoms with Crippen molar-refractivity contribution in [1.82, 2.24) is 10.6 Å². The van der Waals surface area contributed by atoms with Crippen molar-refractivity contribution in [2.45, 2.75) is 46.1 Å². The molecule has 0 bridgehead atoms. The molecule has 1 aliphatic carbocycles. The Morgan fingerprint density at radius 1 is 0.722 bits per heavy atom. The standard InChI is InChI=1S/C32H34N2O2/c1-31(2)18-24(34-30(36)28-17-9-13-23-11-5-7-15-26(23)28)19-32(3,20-31)21-33-29(35)27-16-8-12-22-10-4-6-14-25(22)27/h4-17,24H,18-21H2,1-3H3,(H,33,35)(H,34,36)/t24-,32+/m1/s1. The summed E-state index contributed by atoms with van der Waals surface area (Å²) < 4.78 is 0. The van der Waals surface area contributed by atoms with Crippen LogP contribution in [0.15, 0.2) is 84.9 Å². The summed E-state index contributed by atoms with van der Waals surface area (Å²) in [5, 5.41) is 10.6. The minimum absolute atomic E-state index is 0.0309. The van der Waals surface area contributed by atoms with Crippen LogP contribution in [0, 0.1) is 10.8 Å². The van der Waals surface area contributed by atoms with Crippen molar-refractivity contribution in [1.29, 1.82) is 0 Å². The molecule has 0 unspecified atom stereocenters. The van der Waals surface area contributed by atoms with Crippen LogP contribution in [0.1, 0.15) is 60.7 Å². The highest BCUT2D eigenvalue weighted by molar-refractivity contribution is 6.07. The van der Waals surface area contributed by atoms with Gasteiger partial charge in [0.25, 0.3) is 11.8 Å². The number of fused-ring (bicyclic) bond motifs is 2. The fourth-order valence-electron chi connectivity index (χ4n) is 6.37. The minimum atomic E-state index is -0.126. The molecular weight excluding hydrogens is 444 g/mol. The van der Waals surface area contributed by atoms with Crippen LogP contribution in [-0.4, -0.2) is 24.4 Å². The summed E-state index contributed by atoms with van der Waals surface area (Å²) in [5.41, 5.74) is 1.34. The van der Waals surface area contributed by atoms with Crippen molar-refractivity contribution < 1.29 is 9.59 Å². The number of hydrogen-bond acceptors (Lipinski definition) is 2. The molecule has 1 aliphatic rings. The van der Waals surface area contributed by atoms with Crippen molar-refractivity contribution in [3.63, 3.8) is 0 Å². The van der Waals surface area contributed by atoms with E-state index in [0.29, 0.717) is 17.7 Å². The predicted molar refractivity (Wildman–Crippen MR) is 147 cm³/mol. The van der Waals surface area contributed by atoms with Crippen molar-refractivity contribution in [2.24, 2.45) is 10.8 Å². The van der Waals surface area contributed by atoms with E-state index in [1.807, 2.05) is 84.9 Å². The number of carbonyl (C=O) groups excluding carboxylic acids is 2. The molecule has 0 saturated heterocycles. The molecular formula is C32H34N2O2. The van der Waals surface area contributed by atoms with Crippen LogP contribution >= 0.6 is 0 Å². The summed E-state index contributed by atoms with van der Waals surface area (Å²) in [6.07, 6.45) is 2.72. The first-order valence-electron chi connectivity index (χ1n) is 12.8. The molecule has 4 nitrogen and oxygen atoms in total. The normalized spacial score (nSPS) is 21.2. The molecule has 0 spiro atoms. The molecule has 2 atom stereocenters. The zero-order valence-electron chi connectivity index (χ0n) is 21.3. The highest BCUT2D eigenvalue weighted by Gasteiger charge is 2.42. The topological polar surface area (TPSA) is 58.2 Å². The highest BCUT2D eigenvalue weighted by atomic mass is 16.2. The molecule has 36 heavy (non-hydrogen) atoms. The zero-order chi connectivity index (χ0) is 25.3. The maximum atomic E-state index is 13.3. The maximum Gasteiger partial charge on any atom is 0.252 e. The minimum Gasteiger partial charge on any atom is -0.351 e. The monoisotopic (exact) mass is 478 g/mol. The van der Waals surface area contributed by atoms with Gasteiger partial charge in [-0.3, -0.25) is 9.59 Å². The van der Waals surface area contributed by atoms with Gasteiger partial charge in [-0.05, 0) is 63.8 Å². The number of hydrogen-bond donors (Lipinski definition) is 2. The predicted octanol–water partition coefficient (Wildman–Crippen LogP) is 6.74. The Bertz CT molecular complexity index is 1430. The van der Waals surface area contributed by atoms with Crippen molar-refractivity contribution in [3.05, 3.63) is 96.1 Å². The molecule has 0 aliphatic heterocycles. The quantitative estimate of drug-likeness (QED) is 0.334. The third-order valence-electron chi connectivity index (χ3n) is 7.52. The molecule has 4 aromatic rings. The molecule has 2 amide bonds. The van der Waals surface area contributed by atoms with Gasteiger partial charge in [-0.25, -0.2) is 0 Å². The van der Waals surface area contributed by atoms with Gasteiger partial charge in [0.05, 0.1) is 0 Å². The summed E-state index contributed by atoms with van der Waals surface area (Å²) >= 11 is 0. The van der Waals surface area contributed by atoms with Gasteiger partial charge in [-0.2, -0.15) is 0 Å². The van der Waals surface area contributed by atoms with Crippen LogP contribution in [-0.2, 0) is 0 Å². The van der Waals surface area contributed by atoms with E-state index >= 15 is 0 Å². The Balaban J connectivity index is 1.31. The number of benzene rings is 4. The highest BCUT2D eigenvalue weighted by Crippen LogP contribution is 2.46.